The lowest BCUT2D eigenvalue weighted by molar-refractivity contribution is 1.16. The van der Waals surface area contributed by atoms with Crippen molar-refractivity contribution < 1.29 is 0 Å². The van der Waals surface area contributed by atoms with Crippen LogP contribution in [0.3, 0.4) is 0 Å². The highest BCUT2D eigenvalue weighted by Crippen LogP contribution is 2.51. The van der Waals surface area contributed by atoms with Crippen molar-refractivity contribution in [3.63, 3.8) is 0 Å². The molecule has 0 fully saturated rings. The van der Waals surface area contributed by atoms with Crippen LogP contribution in [0, 0.1) is 0 Å². The molecule has 5 heterocycles. The van der Waals surface area contributed by atoms with Crippen LogP contribution in [0.2, 0.25) is 0 Å². The Balaban J connectivity index is 0.990. The van der Waals surface area contributed by atoms with E-state index < -0.39 is 0 Å². The molecule has 0 unspecified atom stereocenters. The molecule has 12 aromatic carbocycles. The Bertz CT molecular complexity index is 4520. The highest BCUT2D eigenvalue weighted by molar-refractivity contribution is 8.00. The minimum Gasteiger partial charge on any atom is -0.311 e. The van der Waals surface area contributed by atoms with Crippen LogP contribution in [-0.4, -0.2) is 18.0 Å². The van der Waals surface area contributed by atoms with Gasteiger partial charge in [0.05, 0.1) is 16.7 Å². The van der Waals surface area contributed by atoms with E-state index in [0.717, 1.165) is 45.5 Å². The Morgan fingerprint density at radius 2 is 0.725 bits per heavy atom. The van der Waals surface area contributed by atoms with E-state index in [4.69, 9.17) is 0 Å². The number of aromatic nitrogens is 1. The molecular weight excluding hydrogens is 989 g/mol. The van der Waals surface area contributed by atoms with Gasteiger partial charge < -0.3 is 24.2 Å². The van der Waals surface area contributed by atoms with Gasteiger partial charge >= 0.3 is 0 Å². The smallest absolute Gasteiger partial charge is 0.252 e. The summed E-state index contributed by atoms with van der Waals surface area (Å²) in [5.41, 5.74) is 25.3. The Hall–Kier alpha value is -9.88. The molecule has 0 atom stereocenters. The molecule has 0 radical (unpaired) electrons. The molecular formula is C72H47B2N5S. The van der Waals surface area contributed by atoms with Crippen molar-refractivity contribution in [1.82, 2.24) is 4.57 Å². The van der Waals surface area contributed by atoms with Crippen molar-refractivity contribution in [3.05, 3.63) is 285 Å². The van der Waals surface area contributed by atoms with Crippen LogP contribution in [0.15, 0.2) is 295 Å². The van der Waals surface area contributed by atoms with Gasteiger partial charge in [-0.3, -0.25) is 0 Å². The molecule has 0 saturated carbocycles. The van der Waals surface area contributed by atoms with E-state index in [9.17, 15) is 0 Å². The van der Waals surface area contributed by atoms with E-state index in [1.807, 2.05) is 11.8 Å². The predicted octanol–water partition coefficient (Wildman–Crippen LogP) is 15.1. The highest BCUT2D eigenvalue weighted by atomic mass is 32.2. The lowest BCUT2D eigenvalue weighted by Crippen LogP contribution is -2.64. The summed E-state index contributed by atoms with van der Waals surface area (Å²) in [6.07, 6.45) is 0. The fourth-order valence-electron chi connectivity index (χ4n) is 13.8. The minimum atomic E-state index is -0.0741. The number of hydrogen-bond acceptors (Lipinski definition) is 5. The first kappa shape index (κ1) is 45.2. The molecule has 372 valence electrons. The van der Waals surface area contributed by atoms with E-state index in [-0.39, 0.29) is 13.4 Å². The molecule has 0 aliphatic carbocycles. The van der Waals surface area contributed by atoms with Crippen molar-refractivity contribution in [2.75, 3.05) is 19.6 Å². The SMILES string of the molecule is c1ccc(N(c2ccccc2)c2cc3c4c(c2)N(c2ccccc2)c2ccccc2B4c2cc4c5c(c2S3)c2ccccc2n5-c2cc(N(c3ccccc3)c3ccccc3)cc3c2B4c2ccccc2N3c2ccccc2)cc1. The lowest BCUT2D eigenvalue weighted by atomic mass is 9.31. The maximum absolute atomic E-state index is 2.65. The van der Waals surface area contributed by atoms with Gasteiger partial charge in [-0.05, 0) is 143 Å². The third-order valence-electron chi connectivity index (χ3n) is 16.9. The summed E-state index contributed by atoms with van der Waals surface area (Å²) >= 11 is 1.95. The summed E-state index contributed by atoms with van der Waals surface area (Å²) in [4.78, 5) is 12.5. The molecule has 0 spiro atoms. The van der Waals surface area contributed by atoms with Gasteiger partial charge in [0.1, 0.15) is 0 Å². The van der Waals surface area contributed by atoms with Crippen molar-refractivity contribution in [2.45, 2.75) is 9.79 Å². The molecule has 8 heteroatoms. The number of rotatable bonds is 8. The predicted molar refractivity (Wildman–Crippen MR) is 339 cm³/mol. The Labute approximate surface area is 470 Å². The normalized spacial score (nSPS) is 13.1. The van der Waals surface area contributed by atoms with E-state index >= 15 is 0 Å². The number of fused-ring (bicyclic) bond motifs is 12. The zero-order valence-corrected chi connectivity index (χ0v) is 44.3. The summed E-state index contributed by atoms with van der Waals surface area (Å²) < 4.78 is 2.64. The fourth-order valence-corrected chi connectivity index (χ4v) is 15.1. The molecule has 17 rings (SSSR count). The molecule has 1 aromatic heterocycles. The summed E-state index contributed by atoms with van der Waals surface area (Å²) in [6.45, 7) is -0.130. The van der Waals surface area contributed by atoms with Crippen LogP contribution in [0.5, 0.6) is 0 Å². The van der Waals surface area contributed by atoms with E-state index in [2.05, 4.69) is 309 Å². The average Bonchev–Trinajstić information content (AvgIpc) is 2.90. The number of benzene rings is 12. The topological polar surface area (TPSA) is 17.9 Å². The van der Waals surface area contributed by atoms with Gasteiger partial charge in [-0.15, -0.1) is 0 Å². The Morgan fingerprint density at radius 1 is 0.312 bits per heavy atom. The standard InChI is InChI=1S/C72H47B2N5S/c1-7-25-48(26-8-1)75(49-27-9-2-10-28-49)54-43-64-69-65(44-54)79-61-40-22-19-37-56(61)68-71(79)59(73(69)57-38-20-23-41-62(57)77(64)52-33-15-5-16-34-52)47-60-72(68)80-67-46-55(76(50-29-11-3-12-30-50)51-31-13-4-14-32-51)45-66-70(67)74(60)58-39-21-24-42-63(58)78(66)53-35-17-6-18-36-53/h1-47H. The number of para-hydroxylation sites is 9. The molecule has 5 nitrogen and oxygen atoms in total. The Morgan fingerprint density at radius 3 is 1.25 bits per heavy atom. The minimum absolute atomic E-state index is 0.0562. The van der Waals surface area contributed by atoms with E-state index in [1.165, 1.54) is 92.8 Å². The van der Waals surface area contributed by atoms with Gasteiger partial charge in [-0.2, -0.15) is 0 Å². The second kappa shape index (κ2) is 17.8. The first-order valence-electron chi connectivity index (χ1n) is 27.6. The monoisotopic (exact) mass is 1040 g/mol. The van der Waals surface area contributed by atoms with Crippen molar-refractivity contribution in [3.8, 4) is 5.69 Å². The fraction of sp³-hybridized carbons (Fsp3) is 0. The summed E-state index contributed by atoms with van der Waals surface area (Å²) in [7, 11) is 0. The first-order chi connectivity index (χ1) is 39.7. The van der Waals surface area contributed by atoms with Crippen LogP contribution in [0.4, 0.5) is 68.2 Å². The molecule has 0 amide bonds. The summed E-state index contributed by atoms with van der Waals surface area (Å²) in [5.74, 6) is 0. The second-order valence-corrected chi connectivity index (χ2v) is 22.2. The zero-order chi connectivity index (χ0) is 52.4. The first-order valence-corrected chi connectivity index (χ1v) is 28.4. The van der Waals surface area contributed by atoms with Gasteiger partial charge in [0.15, 0.2) is 0 Å². The van der Waals surface area contributed by atoms with Gasteiger partial charge in [0.2, 0.25) is 6.71 Å². The summed E-state index contributed by atoms with van der Waals surface area (Å²) in [5, 5.41) is 2.57. The third kappa shape index (κ3) is 6.63. The molecule has 0 N–H and O–H groups in total. The van der Waals surface area contributed by atoms with Crippen LogP contribution in [0.25, 0.3) is 27.5 Å². The van der Waals surface area contributed by atoms with E-state index in [1.54, 1.807) is 0 Å². The molecule has 0 bridgehead atoms. The van der Waals surface area contributed by atoms with Crippen LogP contribution < -0.4 is 52.4 Å². The van der Waals surface area contributed by atoms with Crippen molar-refractivity contribution in [1.29, 1.82) is 0 Å². The second-order valence-electron chi connectivity index (χ2n) is 21.2. The zero-order valence-electron chi connectivity index (χ0n) is 43.4. The molecule has 4 aliphatic rings. The number of hydrogen-bond donors (Lipinski definition) is 0. The summed E-state index contributed by atoms with van der Waals surface area (Å²) in [6, 6.07) is 105. The molecule has 80 heavy (non-hydrogen) atoms. The maximum Gasteiger partial charge on any atom is 0.252 e. The molecule has 4 aliphatic heterocycles. The quantitative estimate of drug-likeness (QED) is 0.141. The van der Waals surface area contributed by atoms with Crippen LogP contribution in [-0.2, 0) is 0 Å². The van der Waals surface area contributed by atoms with E-state index in [0.29, 0.717) is 0 Å². The molecule has 13 aromatic rings. The van der Waals surface area contributed by atoms with Gasteiger partial charge in [-0.25, -0.2) is 0 Å². The average molecular weight is 1040 g/mol. The third-order valence-corrected chi connectivity index (χ3v) is 18.1. The van der Waals surface area contributed by atoms with Gasteiger partial charge in [0.25, 0.3) is 6.71 Å². The van der Waals surface area contributed by atoms with Gasteiger partial charge in [0, 0.05) is 88.8 Å². The maximum atomic E-state index is 2.65. The molecule has 0 saturated heterocycles. The van der Waals surface area contributed by atoms with Crippen molar-refractivity contribution >= 4 is 148 Å². The van der Waals surface area contributed by atoms with Gasteiger partial charge in [-0.1, -0.05) is 187 Å². The van der Waals surface area contributed by atoms with Crippen molar-refractivity contribution in [2.24, 2.45) is 0 Å². The Kier molecular flexibility index (Phi) is 10.1. The largest absolute Gasteiger partial charge is 0.311 e. The van der Waals surface area contributed by atoms with Crippen LogP contribution in [0.1, 0.15) is 0 Å². The van der Waals surface area contributed by atoms with Crippen LogP contribution >= 0.6 is 11.8 Å². The lowest BCUT2D eigenvalue weighted by Gasteiger charge is -2.43. The number of anilines is 12. The number of nitrogens with zero attached hydrogens (tertiary/aromatic N) is 5. The highest BCUT2D eigenvalue weighted by Gasteiger charge is 2.47.